The highest BCUT2D eigenvalue weighted by Gasteiger charge is 2.37. The van der Waals surface area contributed by atoms with E-state index in [4.69, 9.17) is 5.41 Å². The molecule has 2 amide bonds. The van der Waals surface area contributed by atoms with Gasteiger partial charge in [0.15, 0.2) is 0 Å². The fourth-order valence-electron chi connectivity index (χ4n) is 8.50. The first-order valence-corrected chi connectivity index (χ1v) is 20.9. The van der Waals surface area contributed by atoms with E-state index in [0.717, 1.165) is 108 Å². The Morgan fingerprint density at radius 3 is 1.74 bits per heavy atom. The number of allylic oxidation sites excluding steroid dienone is 2. The Balaban J connectivity index is 0.000000144. The summed E-state index contributed by atoms with van der Waals surface area (Å²) in [7, 11) is 0. The molecule has 4 aromatic rings. The monoisotopic (exact) mass is 748 g/mol. The Morgan fingerprint density at radius 1 is 0.722 bits per heavy atom. The summed E-state index contributed by atoms with van der Waals surface area (Å²) in [6, 6.07) is 23.4. The first kappa shape index (κ1) is 35.8. The van der Waals surface area contributed by atoms with Crippen molar-refractivity contribution in [3.63, 3.8) is 0 Å². The lowest BCUT2D eigenvalue weighted by molar-refractivity contribution is -0.114. The maximum absolute atomic E-state index is 12.6. The molecule has 4 aliphatic heterocycles. The zero-order valence-electron chi connectivity index (χ0n) is 30.3. The van der Waals surface area contributed by atoms with Gasteiger partial charge in [0.1, 0.15) is 11.6 Å². The summed E-state index contributed by atoms with van der Waals surface area (Å²) in [5.41, 5.74) is 11.4. The maximum Gasteiger partial charge on any atom is 0.288 e. The predicted molar refractivity (Wildman–Crippen MR) is 227 cm³/mol. The number of carbonyl (C=O) groups excluding carboxylic acids is 2. The lowest BCUT2D eigenvalue weighted by Crippen LogP contribution is -2.32. The first-order valence-electron chi connectivity index (χ1n) is 18.6. The summed E-state index contributed by atoms with van der Waals surface area (Å²) in [5.74, 6) is 5.99. The number of benzene rings is 4. The zero-order valence-corrected chi connectivity index (χ0v) is 32.0. The number of carbonyl (C=O) groups is 2. The standard InChI is InChI=1S/C23H24N2OS.C19H13N3OS.C2H3N/c1-2-3-4-6-18-21-16-9-10-19(25-11-13-27-14-12-25)15-7-5-8-17(20(15)16)22(21)24-23(18)26;20-10-14-17-12-4-5-15(22-6-8-24-9-7-22)11-2-1-3-13(16(11)12)18(17)21-19(14)23;1-2-3/h5,7-10H,2-4,6,11-14H2,1H3;1-5H,6-9H2;3H,1H2. The van der Waals surface area contributed by atoms with Crippen molar-refractivity contribution in [1.82, 2.24) is 0 Å². The molecule has 10 heteroatoms. The molecule has 10 rings (SSSR count). The Labute approximate surface area is 323 Å². The predicted octanol–water partition coefficient (Wildman–Crippen LogP) is 8.50. The maximum atomic E-state index is 12.6. The lowest BCUT2D eigenvalue weighted by Gasteiger charge is -2.29. The topological polar surface area (TPSA) is 113 Å². The summed E-state index contributed by atoms with van der Waals surface area (Å²) >= 11 is 4.03. The van der Waals surface area contributed by atoms with Gasteiger partial charge in [-0.25, -0.2) is 9.98 Å². The van der Waals surface area contributed by atoms with E-state index in [0.29, 0.717) is 5.71 Å². The van der Waals surface area contributed by atoms with Crippen LogP contribution in [0.1, 0.15) is 54.9 Å². The molecule has 0 aromatic heterocycles. The highest BCUT2D eigenvalue weighted by atomic mass is 32.2. The summed E-state index contributed by atoms with van der Waals surface area (Å²) in [6.07, 6.45) is 4.23. The van der Waals surface area contributed by atoms with E-state index in [1.807, 2.05) is 41.7 Å². The first-order chi connectivity index (χ1) is 26.5. The van der Waals surface area contributed by atoms with Crippen molar-refractivity contribution in [3.05, 3.63) is 101 Å². The molecule has 2 fully saturated rings. The van der Waals surface area contributed by atoms with Crippen LogP contribution in [0.2, 0.25) is 0 Å². The summed E-state index contributed by atoms with van der Waals surface area (Å²) in [6.45, 7) is 9.41. The molecule has 2 aliphatic carbocycles. The summed E-state index contributed by atoms with van der Waals surface area (Å²) in [4.78, 5) is 38.1. The van der Waals surface area contributed by atoms with Crippen LogP contribution >= 0.6 is 23.5 Å². The number of rotatable bonds is 6. The van der Waals surface area contributed by atoms with E-state index >= 15 is 0 Å². The number of amides is 2. The molecule has 0 unspecified atom stereocenters. The Kier molecular flexibility index (Phi) is 10.1. The van der Waals surface area contributed by atoms with Crippen molar-refractivity contribution in [3.8, 4) is 6.07 Å². The number of hydrogen-bond acceptors (Lipinski definition) is 8. The van der Waals surface area contributed by atoms with Crippen LogP contribution in [0.5, 0.6) is 0 Å². The van der Waals surface area contributed by atoms with E-state index in [-0.39, 0.29) is 11.5 Å². The van der Waals surface area contributed by atoms with E-state index in [9.17, 15) is 14.9 Å². The van der Waals surface area contributed by atoms with Crippen LogP contribution in [-0.4, -0.2) is 78.3 Å². The molecule has 4 heterocycles. The van der Waals surface area contributed by atoms with Gasteiger partial charge in [0.2, 0.25) is 0 Å². The molecular weight excluding hydrogens is 709 g/mol. The van der Waals surface area contributed by atoms with Gasteiger partial charge in [-0.15, -0.1) is 0 Å². The number of nitrogens with one attached hydrogen (secondary N) is 1. The average molecular weight is 749 g/mol. The number of unbranched alkanes of at least 4 members (excludes halogenated alkanes) is 2. The van der Waals surface area contributed by atoms with Gasteiger partial charge in [0.05, 0.1) is 11.4 Å². The zero-order chi connectivity index (χ0) is 37.3. The number of aliphatic imine (C=N–C) groups is 2. The normalized spacial score (nSPS) is 17.8. The van der Waals surface area contributed by atoms with Crippen LogP contribution in [-0.2, 0) is 9.59 Å². The van der Waals surface area contributed by atoms with Gasteiger partial charge in [0.25, 0.3) is 11.8 Å². The minimum Gasteiger partial charge on any atom is -0.369 e. The van der Waals surface area contributed by atoms with Crippen LogP contribution < -0.4 is 9.80 Å². The quantitative estimate of drug-likeness (QED) is 0.155. The Bertz CT molecular complexity index is 2450. The molecular formula is C44H40N6O2S2. The summed E-state index contributed by atoms with van der Waals surface area (Å²) in [5, 5.41) is 20.1. The third-order valence-electron chi connectivity index (χ3n) is 10.9. The molecule has 0 saturated carbocycles. The third kappa shape index (κ3) is 6.01. The number of nitrogens with zero attached hydrogens (tertiary/aromatic N) is 5. The number of thioether (sulfide) groups is 2. The highest BCUT2D eigenvalue weighted by Crippen LogP contribution is 2.47. The number of hydrogen-bond donors (Lipinski definition) is 1. The fourth-order valence-corrected chi connectivity index (χ4v) is 10.3. The Hall–Kier alpha value is -5.20. The van der Waals surface area contributed by atoms with Crippen LogP contribution in [0, 0.1) is 16.7 Å². The van der Waals surface area contributed by atoms with Gasteiger partial charge in [-0.2, -0.15) is 28.8 Å². The lowest BCUT2D eigenvalue weighted by atomic mass is 9.96. The average Bonchev–Trinajstić information content (AvgIpc) is 3.91. The Morgan fingerprint density at radius 2 is 1.22 bits per heavy atom. The van der Waals surface area contributed by atoms with Gasteiger partial charge in [-0.05, 0) is 48.6 Å². The second kappa shape index (κ2) is 15.3. The van der Waals surface area contributed by atoms with E-state index in [1.165, 1.54) is 44.6 Å². The molecule has 270 valence electrons. The minimum absolute atomic E-state index is 0.0177. The third-order valence-corrected chi connectivity index (χ3v) is 12.7. The molecule has 54 heavy (non-hydrogen) atoms. The molecule has 2 saturated heterocycles. The molecule has 0 radical (unpaired) electrons. The van der Waals surface area contributed by atoms with Crippen LogP contribution in [0.25, 0.3) is 32.7 Å². The van der Waals surface area contributed by atoms with Crippen LogP contribution in [0.4, 0.5) is 11.4 Å². The smallest absolute Gasteiger partial charge is 0.288 e. The van der Waals surface area contributed by atoms with Gasteiger partial charge < -0.3 is 9.80 Å². The second-order valence-electron chi connectivity index (χ2n) is 13.8. The largest absolute Gasteiger partial charge is 0.369 e. The molecule has 0 bridgehead atoms. The van der Waals surface area contributed by atoms with Gasteiger partial charge in [-0.3, -0.25) is 15.0 Å². The molecule has 4 aromatic carbocycles. The van der Waals surface area contributed by atoms with E-state index in [1.54, 1.807) is 5.87 Å². The highest BCUT2D eigenvalue weighted by molar-refractivity contribution is 7.99. The van der Waals surface area contributed by atoms with Crippen LogP contribution in [0.3, 0.4) is 0 Å². The van der Waals surface area contributed by atoms with Crippen molar-refractivity contribution in [2.24, 2.45) is 9.98 Å². The van der Waals surface area contributed by atoms with Crippen molar-refractivity contribution >= 4 is 96.7 Å². The van der Waals surface area contributed by atoms with Gasteiger partial charge >= 0.3 is 0 Å². The molecule has 6 aliphatic rings. The summed E-state index contributed by atoms with van der Waals surface area (Å²) < 4.78 is 0. The van der Waals surface area contributed by atoms with Crippen LogP contribution in [0.15, 0.2) is 88.4 Å². The molecule has 1 N–H and O–H groups in total. The van der Waals surface area contributed by atoms with Gasteiger partial charge in [-0.1, -0.05) is 68.3 Å². The van der Waals surface area contributed by atoms with Crippen molar-refractivity contribution in [1.29, 1.82) is 10.7 Å². The number of fused-ring (bicyclic) bond motifs is 6. The van der Waals surface area contributed by atoms with Crippen molar-refractivity contribution in [2.75, 3.05) is 59.0 Å². The van der Waals surface area contributed by atoms with Crippen molar-refractivity contribution < 1.29 is 9.59 Å². The van der Waals surface area contributed by atoms with Gasteiger partial charge in [0, 0.05) is 110 Å². The number of anilines is 2. The van der Waals surface area contributed by atoms with E-state index in [2.05, 4.69) is 81.8 Å². The number of nitriles is 1. The fraction of sp³-hybridized carbons (Fsp3) is 0.295. The molecule has 0 atom stereocenters. The molecule has 0 spiro atoms. The van der Waals surface area contributed by atoms with E-state index < -0.39 is 5.91 Å². The second-order valence-corrected chi connectivity index (χ2v) is 16.2. The molecule has 8 nitrogen and oxygen atoms in total. The van der Waals surface area contributed by atoms with Crippen molar-refractivity contribution in [2.45, 2.75) is 32.6 Å². The SMILES string of the molecule is C=C=N.CCCCCC1=C2C(=NC1=O)c1cccc3c(N4CCSCC4)ccc2c13.N#CC1=C2C(=NC1=O)c1cccc3c(N4CCSCC4)ccc2c13. The minimum atomic E-state index is -0.415.